The third kappa shape index (κ3) is 2.64. The molecule has 18 heavy (non-hydrogen) atoms. The summed E-state index contributed by atoms with van der Waals surface area (Å²) in [7, 11) is 0. The molecule has 0 saturated heterocycles. The molecule has 1 aromatic carbocycles. The van der Waals surface area contributed by atoms with Gasteiger partial charge in [-0.2, -0.15) is 0 Å². The van der Waals surface area contributed by atoms with Gasteiger partial charge in [0.05, 0.1) is 17.9 Å². The molecular formula is C14H15BrO3. The zero-order valence-electron chi connectivity index (χ0n) is 10.2. The van der Waals surface area contributed by atoms with Crippen LogP contribution in [0.25, 0.3) is 0 Å². The lowest BCUT2D eigenvalue weighted by molar-refractivity contribution is -0.147. The van der Waals surface area contributed by atoms with Crippen LogP contribution in [0.2, 0.25) is 0 Å². The van der Waals surface area contributed by atoms with Gasteiger partial charge in [-0.3, -0.25) is 9.59 Å². The van der Waals surface area contributed by atoms with Crippen LogP contribution in [0.4, 0.5) is 0 Å². The molecule has 1 unspecified atom stereocenters. The van der Waals surface area contributed by atoms with Gasteiger partial charge in [0.1, 0.15) is 0 Å². The second-order valence-electron chi connectivity index (χ2n) is 4.40. The average Bonchev–Trinajstić information content (AvgIpc) is 2.80. The second kappa shape index (κ2) is 5.65. The maximum atomic E-state index is 11.7. The van der Waals surface area contributed by atoms with E-state index in [1.54, 1.807) is 0 Å². The van der Waals surface area contributed by atoms with Crippen molar-refractivity contribution in [2.45, 2.75) is 19.8 Å². The first kappa shape index (κ1) is 13.3. The normalized spacial score (nSPS) is 17.3. The fraction of sp³-hybridized carbons (Fsp3) is 0.429. The van der Waals surface area contributed by atoms with Crippen LogP contribution < -0.4 is 0 Å². The first-order valence-corrected chi connectivity index (χ1v) is 7.15. The maximum absolute atomic E-state index is 11.7. The standard InChI is InChI=1S/C14H15BrO3/c1-2-18-14(17)12-5-9-3-4-10(13(16)8-15)6-11(9)7-12/h3-4,6,12H,2,5,7-8H2,1H3. The number of benzene rings is 1. The largest absolute Gasteiger partial charge is 0.466 e. The van der Waals surface area contributed by atoms with Crippen LogP contribution in [-0.2, 0) is 22.4 Å². The molecule has 0 bridgehead atoms. The van der Waals surface area contributed by atoms with Crippen LogP contribution in [0.5, 0.6) is 0 Å². The summed E-state index contributed by atoms with van der Waals surface area (Å²) in [4.78, 5) is 23.3. The van der Waals surface area contributed by atoms with Crippen LogP contribution in [0, 0.1) is 5.92 Å². The van der Waals surface area contributed by atoms with E-state index in [4.69, 9.17) is 4.74 Å². The number of Topliss-reactive ketones (excluding diaryl/α,β-unsaturated/α-hetero) is 1. The Hall–Kier alpha value is -1.16. The highest BCUT2D eigenvalue weighted by molar-refractivity contribution is 9.09. The Labute approximate surface area is 115 Å². The van der Waals surface area contributed by atoms with Crippen LogP contribution in [0.1, 0.15) is 28.4 Å². The SMILES string of the molecule is CCOC(=O)C1Cc2ccc(C(=O)CBr)cc2C1. The van der Waals surface area contributed by atoms with E-state index in [0.29, 0.717) is 23.9 Å². The Morgan fingerprint density at radius 3 is 2.72 bits per heavy atom. The summed E-state index contributed by atoms with van der Waals surface area (Å²) >= 11 is 3.16. The Bertz CT molecular complexity index is 482. The van der Waals surface area contributed by atoms with Crippen molar-refractivity contribution in [3.8, 4) is 0 Å². The first-order chi connectivity index (χ1) is 8.65. The van der Waals surface area contributed by atoms with Crippen molar-refractivity contribution in [1.82, 2.24) is 0 Å². The lowest BCUT2D eigenvalue weighted by Gasteiger charge is -2.06. The molecule has 0 saturated carbocycles. The minimum atomic E-state index is -0.137. The molecule has 0 aliphatic heterocycles. The highest BCUT2D eigenvalue weighted by atomic mass is 79.9. The second-order valence-corrected chi connectivity index (χ2v) is 4.96. The van der Waals surface area contributed by atoms with Gasteiger partial charge in [-0.1, -0.05) is 28.1 Å². The van der Waals surface area contributed by atoms with Gasteiger partial charge in [-0.05, 0) is 37.0 Å². The van der Waals surface area contributed by atoms with Crippen LogP contribution in [0.15, 0.2) is 18.2 Å². The summed E-state index contributed by atoms with van der Waals surface area (Å²) in [5.74, 6) is -0.159. The average molecular weight is 311 g/mol. The number of hydrogen-bond acceptors (Lipinski definition) is 3. The number of fused-ring (bicyclic) bond motifs is 1. The molecule has 1 aliphatic carbocycles. The summed E-state index contributed by atoms with van der Waals surface area (Å²) < 4.78 is 5.04. The van der Waals surface area contributed by atoms with Crippen molar-refractivity contribution in [3.05, 3.63) is 34.9 Å². The minimum absolute atomic E-state index is 0.0670. The minimum Gasteiger partial charge on any atom is -0.466 e. The Kier molecular flexibility index (Phi) is 4.17. The van der Waals surface area contributed by atoms with Gasteiger partial charge in [0, 0.05) is 5.56 Å². The third-order valence-corrected chi connectivity index (χ3v) is 3.71. The number of carbonyl (C=O) groups excluding carboxylic acids is 2. The number of rotatable bonds is 4. The summed E-state index contributed by atoms with van der Waals surface area (Å²) in [6.07, 6.45) is 1.40. The molecule has 0 heterocycles. The van der Waals surface area contributed by atoms with Crippen molar-refractivity contribution < 1.29 is 14.3 Å². The Morgan fingerprint density at radius 2 is 2.06 bits per heavy atom. The summed E-state index contributed by atoms with van der Waals surface area (Å²) in [5, 5.41) is 0.326. The zero-order chi connectivity index (χ0) is 13.1. The molecule has 0 spiro atoms. The zero-order valence-corrected chi connectivity index (χ0v) is 11.8. The van der Waals surface area contributed by atoms with E-state index in [0.717, 1.165) is 17.5 Å². The maximum Gasteiger partial charge on any atom is 0.309 e. The van der Waals surface area contributed by atoms with Gasteiger partial charge in [0.2, 0.25) is 0 Å². The van der Waals surface area contributed by atoms with E-state index >= 15 is 0 Å². The van der Waals surface area contributed by atoms with E-state index in [9.17, 15) is 9.59 Å². The number of ketones is 1. The third-order valence-electron chi connectivity index (χ3n) is 3.20. The van der Waals surface area contributed by atoms with Crippen LogP contribution in [0.3, 0.4) is 0 Å². The topological polar surface area (TPSA) is 43.4 Å². The molecule has 1 atom stereocenters. The number of esters is 1. The van der Waals surface area contributed by atoms with Crippen molar-refractivity contribution in [3.63, 3.8) is 0 Å². The molecule has 0 radical (unpaired) electrons. The van der Waals surface area contributed by atoms with E-state index in [1.807, 2.05) is 25.1 Å². The Balaban J connectivity index is 2.15. The monoisotopic (exact) mass is 310 g/mol. The summed E-state index contributed by atoms with van der Waals surface area (Å²) in [6, 6.07) is 5.68. The van der Waals surface area contributed by atoms with Crippen LogP contribution >= 0.6 is 15.9 Å². The quantitative estimate of drug-likeness (QED) is 0.487. The number of halogens is 1. The highest BCUT2D eigenvalue weighted by Crippen LogP contribution is 2.28. The predicted octanol–water partition coefficient (Wildman–Crippen LogP) is 2.54. The lowest BCUT2D eigenvalue weighted by Crippen LogP contribution is -2.17. The van der Waals surface area contributed by atoms with Crippen LogP contribution in [-0.4, -0.2) is 23.7 Å². The molecule has 96 valence electrons. The molecule has 0 aromatic heterocycles. The molecule has 4 heteroatoms. The molecule has 1 aliphatic rings. The van der Waals surface area contributed by atoms with Gasteiger partial charge in [0.25, 0.3) is 0 Å². The lowest BCUT2D eigenvalue weighted by atomic mass is 10.0. The number of alkyl halides is 1. The molecule has 1 aromatic rings. The molecule has 0 fully saturated rings. The number of hydrogen-bond donors (Lipinski definition) is 0. The van der Waals surface area contributed by atoms with Crippen molar-refractivity contribution in [2.24, 2.45) is 5.92 Å². The molecular weight excluding hydrogens is 296 g/mol. The van der Waals surface area contributed by atoms with E-state index in [-0.39, 0.29) is 17.7 Å². The smallest absolute Gasteiger partial charge is 0.309 e. The number of carbonyl (C=O) groups is 2. The van der Waals surface area contributed by atoms with E-state index in [1.165, 1.54) is 0 Å². The van der Waals surface area contributed by atoms with Crippen molar-refractivity contribution in [2.75, 3.05) is 11.9 Å². The fourth-order valence-electron chi connectivity index (χ4n) is 2.30. The van der Waals surface area contributed by atoms with Gasteiger partial charge in [-0.15, -0.1) is 0 Å². The van der Waals surface area contributed by atoms with Crippen molar-refractivity contribution >= 4 is 27.7 Å². The summed E-state index contributed by atoms with van der Waals surface area (Å²) in [5.41, 5.74) is 2.95. The number of ether oxygens (including phenoxy) is 1. The predicted molar refractivity (Wildman–Crippen MR) is 72.1 cm³/mol. The molecule has 2 rings (SSSR count). The Morgan fingerprint density at radius 1 is 1.33 bits per heavy atom. The van der Waals surface area contributed by atoms with Gasteiger partial charge in [-0.25, -0.2) is 0 Å². The van der Waals surface area contributed by atoms with Gasteiger partial charge >= 0.3 is 5.97 Å². The molecule has 0 N–H and O–H groups in total. The fourth-order valence-corrected chi connectivity index (χ4v) is 2.62. The van der Waals surface area contributed by atoms with E-state index < -0.39 is 0 Å². The van der Waals surface area contributed by atoms with Crippen molar-refractivity contribution in [1.29, 1.82) is 0 Å². The highest BCUT2D eigenvalue weighted by Gasteiger charge is 2.28. The molecule has 0 amide bonds. The van der Waals surface area contributed by atoms with Gasteiger partial charge < -0.3 is 4.74 Å². The van der Waals surface area contributed by atoms with E-state index in [2.05, 4.69) is 15.9 Å². The summed E-state index contributed by atoms with van der Waals surface area (Å²) in [6.45, 7) is 2.23. The van der Waals surface area contributed by atoms with Gasteiger partial charge in [0.15, 0.2) is 5.78 Å². The molecule has 3 nitrogen and oxygen atoms in total. The first-order valence-electron chi connectivity index (χ1n) is 6.03.